The molecular formula is C31H34F3N5O7S. The second kappa shape index (κ2) is 12.1. The van der Waals surface area contributed by atoms with Gasteiger partial charge in [0.1, 0.15) is 22.7 Å². The number of benzene rings is 2. The predicted octanol–water partition coefficient (Wildman–Crippen LogP) is 3.45. The molecule has 3 heterocycles. The average Bonchev–Trinajstić information content (AvgIpc) is 3.37. The Balaban J connectivity index is 1.29. The van der Waals surface area contributed by atoms with Crippen LogP contribution in [0.3, 0.4) is 0 Å². The van der Waals surface area contributed by atoms with E-state index < -0.39 is 51.1 Å². The van der Waals surface area contributed by atoms with Gasteiger partial charge < -0.3 is 20.1 Å². The molecule has 0 saturated carbocycles. The number of amides is 4. The molecule has 4 amide bonds. The summed E-state index contributed by atoms with van der Waals surface area (Å²) in [6, 6.07) is 7.75. The van der Waals surface area contributed by atoms with Gasteiger partial charge in [0.2, 0.25) is 10.0 Å². The van der Waals surface area contributed by atoms with E-state index in [1.807, 2.05) is 0 Å². The lowest BCUT2D eigenvalue weighted by molar-refractivity contribution is -0.274. The summed E-state index contributed by atoms with van der Waals surface area (Å²) in [5.41, 5.74) is -0.0346. The third-order valence-corrected chi connectivity index (χ3v) is 10.2. The van der Waals surface area contributed by atoms with Crippen LogP contribution in [0.4, 0.5) is 23.7 Å². The molecule has 0 unspecified atom stereocenters. The maximum atomic E-state index is 13.3. The molecule has 0 radical (unpaired) electrons. The van der Waals surface area contributed by atoms with Crippen LogP contribution in [0.2, 0.25) is 0 Å². The molecule has 2 fully saturated rings. The number of nitrogens with one attached hydrogen (secondary N) is 1. The second-order valence-electron chi connectivity index (χ2n) is 12.1. The predicted molar refractivity (Wildman–Crippen MR) is 166 cm³/mol. The number of β-amino-alcohol motifs (C(OH)–C–C–N with tert-alkyl or cyclic N) is 1. The minimum atomic E-state index is -4.89. The number of rotatable bonds is 8. The lowest BCUT2D eigenvalue weighted by Crippen LogP contribution is -2.50. The highest BCUT2D eigenvalue weighted by molar-refractivity contribution is 7.92. The summed E-state index contributed by atoms with van der Waals surface area (Å²) in [5, 5.41) is 13.1. The number of aliphatic hydroxyl groups is 1. The summed E-state index contributed by atoms with van der Waals surface area (Å²) in [4.78, 5) is 46.0. The molecule has 2 saturated heterocycles. The number of amidine groups is 1. The van der Waals surface area contributed by atoms with Crippen LogP contribution in [-0.4, -0.2) is 90.1 Å². The highest BCUT2D eigenvalue weighted by Crippen LogP contribution is 2.35. The number of anilines is 1. The number of alkyl halides is 3. The minimum absolute atomic E-state index is 0.00478. The van der Waals surface area contributed by atoms with Crippen molar-refractivity contribution >= 4 is 45.5 Å². The summed E-state index contributed by atoms with van der Waals surface area (Å²) in [7, 11) is -3.94. The van der Waals surface area contributed by atoms with Crippen molar-refractivity contribution < 1.29 is 45.8 Å². The van der Waals surface area contributed by atoms with Crippen molar-refractivity contribution in [3.8, 4) is 5.75 Å². The normalized spacial score (nSPS) is 20.0. The first-order valence-electron chi connectivity index (χ1n) is 14.7. The van der Waals surface area contributed by atoms with Crippen molar-refractivity contribution in [3.63, 3.8) is 0 Å². The maximum absolute atomic E-state index is 13.3. The number of nitrogens with zero attached hydrogens (tertiary/aromatic N) is 4. The van der Waals surface area contributed by atoms with Crippen molar-refractivity contribution in [3.05, 3.63) is 64.1 Å². The Labute approximate surface area is 269 Å². The van der Waals surface area contributed by atoms with Crippen LogP contribution in [-0.2, 0) is 19.6 Å². The molecule has 0 atom stereocenters. The maximum Gasteiger partial charge on any atom is 0.573 e. The molecule has 16 heteroatoms. The molecule has 3 aliphatic rings. The van der Waals surface area contributed by atoms with E-state index in [1.165, 1.54) is 27.4 Å². The average molecular weight is 678 g/mol. The fraction of sp³-hybridized carbons (Fsp3) is 0.419. The monoisotopic (exact) mass is 677 g/mol. The summed E-state index contributed by atoms with van der Waals surface area (Å²) in [6.07, 6.45) is -3.33. The van der Waals surface area contributed by atoms with Gasteiger partial charge in [0.15, 0.2) is 0 Å². The van der Waals surface area contributed by atoms with Gasteiger partial charge in [-0.3, -0.25) is 14.6 Å². The van der Waals surface area contributed by atoms with Gasteiger partial charge in [0.25, 0.3) is 11.8 Å². The van der Waals surface area contributed by atoms with E-state index in [1.54, 1.807) is 39.8 Å². The van der Waals surface area contributed by atoms with Crippen LogP contribution < -0.4 is 15.0 Å². The summed E-state index contributed by atoms with van der Waals surface area (Å²) < 4.78 is 69.8. The Morgan fingerprint density at radius 2 is 1.70 bits per heavy atom. The second-order valence-corrected chi connectivity index (χ2v) is 13.9. The van der Waals surface area contributed by atoms with Crippen molar-refractivity contribution in [2.75, 3.05) is 31.1 Å². The van der Waals surface area contributed by atoms with Crippen LogP contribution in [0.15, 0.2) is 46.8 Å². The van der Waals surface area contributed by atoms with Gasteiger partial charge in [0, 0.05) is 30.6 Å². The fourth-order valence-corrected chi connectivity index (χ4v) is 7.24. The highest BCUT2D eigenvalue weighted by Gasteiger charge is 2.52. The van der Waals surface area contributed by atoms with E-state index >= 15 is 0 Å². The number of carbonyl (C=O) groups excluding carboxylic acids is 3. The van der Waals surface area contributed by atoms with Gasteiger partial charge in [0.05, 0.1) is 12.3 Å². The number of hydrogen-bond acceptors (Lipinski definition) is 8. The smallest absolute Gasteiger partial charge is 0.406 e. The van der Waals surface area contributed by atoms with Crippen LogP contribution in [0.1, 0.15) is 48.9 Å². The number of ether oxygens (including phenoxy) is 1. The lowest BCUT2D eigenvalue weighted by atomic mass is 9.89. The van der Waals surface area contributed by atoms with Crippen LogP contribution in [0.25, 0.3) is 6.08 Å². The third-order valence-electron chi connectivity index (χ3n) is 8.62. The van der Waals surface area contributed by atoms with Gasteiger partial charge in [-0.25, -0.2) is 18.1 Å². The number of imide groups is 1. The van der Waals surface area contributed by atoms with Gasteiger partial charge in [-0.15, -0.1) is 13.2 Å². The molecular weight excluding hydrogens is 643 g/mol. The zero-order chi connectivity index (χ0) is 34.5. The molecule has 0 bridgehead atoms. The van der Waals surface area contributed by atoms with Crippen molar-refractivity contribution in [1.29, 1.82) is 0 Å². The molecule has 2 aromatic rings. The number of urea groups is 1. The van der Waals surface area contributed by atoms with Gasteiger partial charge >= 0.3 is 12.4 Å². The van der Waals surface area contributed by atoms with E-state index in [0.29, 0.717) is 22.4 Å². The summed E-state index contributed by atoms with van der Waals surface area (Å²) in [5.74, 6) is -1.30. The number of sulfonamides is 1. The molecule has 47 heavy (non-hydrogen) atoms. The van der Waals surface area contributed by atoms with E-state index in [2.05, 4.69) is 15.0 Å². The summed E-state index contributed by atoms with van der Waals surface area (Å²) >= 11 is 0. The number of piperidine rings is 1. The van der Waals surface area contributed by atoms with Gasteiger partial charge in [-0.2, -0.15) is 4.31 Å². The Kier molecular flexibility index (Phi) is 8.74. The molecule has 3 aliphatic heterocycles. The molecule has 0 aromatic heterocycles. The van der Waals surface area contributed by atoms with Crippen molar-refractivity contribution in [1.82, 2.24) is 14.5 Å². The number of hydrogen-bond donors (Lipinski definition) is 2. The number of aliphatic imine (C=N–C) groups is 1. The third kappa shape index (κ3) is 6.49. The SMILES string of the molecule is Cc1cc(N2C(=O)N(CCO)C(C)(C)C2=O)cc(C)c1/C=C/S(=O)(=O)N1CCC2(CC1)N=C(c1cccc(OC(F)(F)F)c1)NC2=O. The van der Waals surface area contributed by atoms with E-state index in [4.69, 9.17) is 0 Å². The highest BCUT2D eigenvalue weighted by atomic mass is 32.2. The number of carbonyl (C=O) groups is 3. The van der Waals surface area contributed by atoms with E-state index in [9.17, 15) is 41.1 Å². The number of aryl methyl sites for hydroxylation is 2. The Morgan fingerprint density at radius 3 is 2.30 bits per heavy atom. The standard InChI is InChI=1S/C31H34F3N5O7S/c1-19-16-22(39-27(42)29(3,4)38(13-14-40)28(39)43)17-20(2)24(19)8-15-47(44,45)37-11-9-30(10-12-37)26(41)35-25(36-30)21-6-5-7-23(18-21)46-31(32,33)34/h5-8,15-18,40H,9-14H2,1-4H3,(H,35,36,41)/b15-8+. The van der Waals surface area contributed by atoms with Gasteiger partial charge in [-0.1, -0.05) is 12.1 Å². The molecule has 0 aliphatic carbocycles. The van der Waals surface area contributed by atoms with E-state index in [0.717, 1.165) is 22.4 Å². The molecule has 5 rings (SSSR count). The molecule has 2 aromatic carbocycles. The first-order valence-corrected chi connectivity index (χ1v) is 16.2. The van der Waals surface area contributed by atoms with Gasteiger partial charge in [-0.05, 0) is 87.6 Å². The van der Waals surface area contributed by atoms with Crippen LogP contribution in [0.5, 0.6) is 5.75 Å². The largest absolute Gasteiger partial charge is 0.573 e. The number of aliphatic hydroxyl groups excluding tert-OH is 1. The first kappa shape index (κ1) is 34.1. The van der Waals surface area contributed by atoms with Crippen LogP contribution >= 0.6 is 0 Å². The topological polar surface area (TPSA) is 149 Å². The molecule has 1 spiro atoms. The minimum Gasteiger partial charge on any atom is -0.406 e. The fourth-order valence-electron chi connectivity index (χ4n) is 6.07. The quantitative estimate of drug-likeness (QED) is 0.407. The molecule has 252 valence electrons. The number of halogens is 3. The Morgan fingerprint density at radius 1 is 1.06 bits per heavy atom. The van der Waals surface area contributed by atoms with Crippen molar-refractivity contribution in [2.24, 2.45) is 4.99 Å². The van der Waals surface area contributed by atoms with Crippen LogP contribution in [0, 0.1) is 13.8 Å². The van der Waals surface area contributed by atoms with E-state index in [-0.39, 0.29) is 50.5 Å². The lowest BCUT2D eigenvalue weighted by Gasteiger charge is -2.34. The first-order chi connectivity index (χ1) is 21.9. The van der Waals surface area contributed by atoms with Crippen molar-refractivity contribution in [2.45, 2.75) is 58.0 Å². The summed E-state index contributed by atoms with van der Waals surface area (Å²) in [6.45, 7) is 6.32. The zero-order valence-corrected chi connectivity index (χ0v) is 26.9. The Hall–Kier alpha value is -4.28. The zero-order valence-electron chi connectivity index (χ0n) is 26.1. The Bertz CT molecular complexity index is 1780. The molecule has 12 nitrogen and oxygen atoms in total. The molecule has 2 N–H and O–H groups in total.